The molecule has 0 spiro atoms. The van der Waals surface area contributed by atoms with Crippen molar-refractivity contribution in [3.05, 3.63) is 50.9 Å². The zero-order valence-corrected chi connectivity index (χ0v) is 18.0. The molecular formula is C19H21ClN4OS2. The van der Waals surface area contributed by atoms with Crippen molar-refractivity contribution >= 4 is 57.2 Å². The van der Waals surface area contributed by atoms with Gasteiger partial charge in [-0.15, -0.1) is 24.0 Å². The molecule has 0 radical (unpaired) electrons. The number of thiol groups is 1. The molecule has 4 rings (SSSR count). The van der Waals surface area contributed by atoms with Gasteiger partial charge in [0.15, 0.2) is 11.0 Å². The number of halogens is 1. The lowest BCUT2D eigenvalue weighted by Gasteiger charge is -2.22. The van der Waals surface area contributed by atoms with Crippen molar-refractivity contribution in [2.45, 2.75) is 33.9 Å². The van der Waals surface area contributed by atoms with Gasteiger partial charge in [-0.05, 0) is 38.5 Å². The molecular weight excluding hydrogens is 400 g/mol. The summed E-state index contributed by atoms with van der Waals surface area (Å²) >= 11 is 11.2. The zero-order valence-electron chi connectivity index (χ0n) is 15.6. The third-order valence-electron chi connectivity index (χ3n) is 4.36. The van der Waals surface area contributed by atoms with Crippen molar-refractivity contribution in [2.24, 2.45) is 10.1 Å². The smallest absolute Gasteiger partial charge is 0.182 e. The number of amidine groups is 1. The highest BCUT2D eigenvalue weighted by atomic mass is 35.5. The van der Waals surface area contributed by atoms with Crippen LogP contribution in [0.5, 0.6) is 0 Å². The SMILES string of the molecule is CC(=O)S.Cc1sc2c(c1C)C(c1ccc(Cl)cc1)=NCC1=NNC(C)N12. The highest BCUT2D eigenvalue weighted by molar-refractivity contribution is 7.96. The first-order valence-corrected chi connectivity index (χ1v) is 10.2. The van der Waals surface area contributed by atoms with Crippen LogP contribution in [0.1, 0.15) is 35.4 Å². The van der Waals surface area contributed by atoms with Crippen molar-refractivity contribution in [1.82, 2.24) is 5.43 Å². The monoisotopic (exact) mass is 420 g/mol. The first-order chi connectivity index (χ1) is 12.8. The summed E-state index contributed by atoms with van der Waals surface area (Å²) in [6, 6.07) is 7.91. The number of hydrogen-bond donors (Lipinski definition) is 2. The number of thiophene rings is 1. The number of aliphatic imine (C=N–C) groups is 1. The van der Waals surface area contributed by atoms with Gasteiger partial charge in [0, 0.05) is 28.0 Å². The summed E-state index contributed by atoms with van der Waals surface area (Å²) in [5.74, 6) is 0.976. The number of hydrogen-bond acceptors (Lipinski definition) is 6. The van der Waals surface area contributed by atoms with Gasteiger partial charge in [-0.25, -0.2) is 0 Å². The average Bonchev–Trinajstić information content (AvgIpc) is 3.04. The van der Waals surface area contributed by atoms with Gasteiger partial charge in [0.25, 0.3) is 0 Å². The van der Waals surface area contributed by atoms with Gasteiger partial charge in [0.1, 0.15) is 11.2 Å². The Morgan fingerprint density at radius 3 is 2.59 bits per heavy atom. The second-order valence-electron chi connectivity index (χ2n) is 6.36. The molecule has 1 unspecified atom stereocenters. The zero-order chi connectivity index (χ0) is 19.7. The molecule has 0 fully saturated rings. The van der Waals surface area contributed by atoms with Crippen molar-refractivity contribution < 1.29 is 4.79 Å². The summed E-state index contributed by atoms with van der Waals surface area (Å²) < 4.78 is 0. The van der Waals surface area contributed by atoms with E-state index in [9.17, 15) is 4.79 Å². The summed E-state index contributed by atoms with van der Waals surface area (Å²) in [6.45, 7) is 8.43. The van der Waals surface area contributed by atoms with Gasteiger partial charge in [0.2, 0.25) is 0 Å². The molecule has 1 N–H and O–H groups in total. The Kier molecular flexibility index (Phi) is 5.93. The second kappa shape index (κ2) is 8.04. The molecule has 142 valence electrons. The number of rotatable bonds is 1. The first-order valence-electron chi connectivity index (χ1n) is 8.51. The van der Waals surface area contributed by atoms with Crippen LogP contribution >= 0.6 is 35.6 Å². The molecule has 5 nitrogen and oxygen atoms in total. The first kappa shape index (κ1) is 19.9. The lowest BCUT2D eigenvalue weighted by atomic mass is 10.00. The molecule has 0 bridgehead atoms. The average molecular weight is 421 g/mol. The van der Waals surface area contributed by atoms with E-state index >= 15 is 0 Å². The standard InChI is InChI=1S/C17H17ClN4S.C2H4OS/c1-9-10(2)23-17-15(9)16(12-4-6-13(18)7-5-12)19-8-14-21-20-11(3)22(14)17;1-2(3)4/h4-7,11,20H,8H2,1-3H3;1H3,(H,3,4). The summed E-state index contributed by atoms with van der Waals surface area (Å²) in [5, 5.41) is 6.28. The molecule has 1 aromatic carbocycles. The Balaban J connectivity index is 0.000000481. The third-order valence-corrected chi connectivity index (χ3v) is 5.82. The maximum Gasteiger partial charge on any atom is 0.182 e. The molecule has 1 aromatic heterocycles. The number of hydrazone groups is 1. The fraction of sp³-hybridized carbons (Fsp3) is 0.316. The van der Waals surface area contributed by atoms with Gasteiger partial charge >= 0.3 is 0 Å². The lowest BCUT2D eigenvalue weighted by molar-refractivity contribution is -0.108. The van der Waals surface area contributed by atoms with E-state index in [0.29, 0.717) is 6.54 Å². The molecule has 0 aliphatic carbocycles. The normalized spacial score (nSPS) is 17.6. The predicted molar refractivity (Wildman–Crippen MR) is 118 cm³/mol. The van der Waals surface area contributed by atoms with Crippen LogP contribution in [0, 0.1) is 13.8 Å². The van der Waals surface area contributed by atoms with Crippen LogP contribution in [0.3, 0.4) is 0 Å². The van der Waals surface area contributed by atoms with E-state index in [-0.39, 0.29) is 11.3 Å². The van der Waals surface area contributed by atoms with Crippen molar-refractivity contribution in [3.8, 4) is 0 Å². The number of carbonyl (C=O) groups excluding carboxylic acids is 1. The molecule has 2 aromatic rings. The molecule has 0 saturated heterocycles. The number of aryl methyl sites for hydroxylation is 1. The minimum Gasteiger partial charge on any atom is -0.296 e. The highest BCUT2D eigenvalue weighted by Crippen LogP contribution is 2.40. The molecule has 27 heavy (non-hydrogen) atoms. The maximum atomic E-state index is 9.31. The van der Waals surface area contributed by atoms with Crippen molar-refractivity contribution in [1.29, 1.82) is 0 Å². The van der Waals surface area contributed by atoms with Crippen LogP contribution in [0.15, 0.2) is 34.4 Å². The van der Waals surface area contributed by atoms with E-state index in [1.54, 1.807) is 0 Å². The van der Waals surface area contributed by atoms with E-state index in [2.05, 4.69) is 48.8 Å². The molecule has 2 aliphatic heterocycles. The van der Waals surface area contributed by atoms with Crippen LogP contribution in [0.2, 0.25) is 5.02 Å². The fourth-order valence-electron chi connectivity index (χ4n) is 3.04. The van der Waals surface area contributed by atoms with E-state index in [0.717, 1.165) is 22.1 Å². The van der Waals surface area contributed by atoms with Crippen molar-refractivity contribution in [3.63, 3.8) is 0 Å². The van der Waals surface area contributed by atoms with Gasteiger partial charge in [0.05, 0.1) is 12.3 Å². The number of carbonyl (C=O) groups is 1. The number of nitrogens with one attached hydrogen (secondary N) is 1. The van der Waals surface area contributed by atoms with E-state index in [1.807, 2.05) is 35.6 Å². The Morgan fingerprint density at radius 1 is 1.33 bits per heavy atom. The van der Waals surface area contributed by atoms with Gasteiger partial charge in [-0.3, -0.25) is 20.1 Å². The van der Waals surface area contributed by atoms with Crippen molar-refractivity contribution in [2.75, 3.05) is 11.4 Å². The molecule has 0 amide bonds. The largest absolute Gasteiger partial charge is 0.296 e. The van der Waals surface area contributed by atoms with Gasteiger partial charge in [-0.1, -0.05) is 23.7 Å². The fourth-order valence-corrected chi connectivity index (χ4v) is 4.42. The molecule has 1 atom stereocenters. The van der Waals surface area contributed by atoms with Gasteiger partial charge in [-0.2, -0.15) is 5.10 Å². The van der Waals surface area contributed by atoms with Gasteiger partial charge < -0.3 is 0 Å². The molecule has 0 saturated carbocycles. The van der Waals surface area contributed by atoms with Crippen LogP contribution < -0.4 is 10.3 Å². The predicted octanol–water partition coefficient (Wildman–Crippen LogP) is 4.40. The van der Waals surface area contributed by atoms with Crippen LogP contribution in [-0.2, 0) is 4.79 Å². The molecule has 8 heteroatoms. The summed E-state index contributed by atoms with van der Waals surface area (Å²) in [4.78, 5) is 17.8. The van der Waals surface area contributed by atoms with E-state index < -0.39 is 0 Å². The molecule has 2 aliphatic rings. The summed E-state index contributed by atoms with van der Waals surface area (Å²) in [6.07, 6.45) is 0.154. The number of anilines is 1. The minimum absolute atomic E-state index is 0.139. The lowest BCUT2D eigenvalue weighted by Crippen LogP contribution is -2.38. The number of benzene rings is 1. The van der Waals surface area contributed by atoms with Crippen LogP contribution in [-0.4, -0.2) is 29.4 Å². The highest BCUT2D eigenvalue weighted by Gasteiger charge is 2.33. The van der Waals surface area contributed by atoms with Crippen LogP contribution in [0.25, 0.3) is 0 Å². The Morgan fingerprint density at radius 2 is 1.96 bits per heavy atom. The van der Waals surface area contributed by atoms with E-state index in [1.165, 1.54) is 27.9 Å². The number of fused-ring (bicyclic) bond motifs is 3. The molecule has 3 heterocycles. The third kappa shape index (κ3) is 4.05. The summed E-state index contributed by atoms with van der Waals surface area (Å²) in [5.41, 5.74) is 7.79. The maximum absolute atomic E-state index is 9.31. The number of nitrogens with zero attached hydrogens (tertiary/aromatic N) is 3. The Bertz CT molecular complexity index is 930. The van der Waals surface area contributed by atoms with E-state index in [4.69, 9.17) is 16.6 Å². The quantitative estimate of drug-likeness (QED) is 0.672. The topological polar surface area (TPSA) is 57.1 Å². The summed E-state index contributed by atoms with van der Waals surface area (Å²) in [7, 11) is 0. The Hall–Kier alpha value is -1.83. The van der Waals surface area contributed by atoms with Crippen LogP contribution in [0.4, 0.5) is 5.00 Å². The Labute approximate surface area is 173 Å². The second-order valence-corrected chi connectivity index (χ2v) is 8.63. The minimum atomic E-state index is -0.139.